The third-order valence-electron chi connectivity index (χ3n) is 2.13. The molecule has 1 rings (SSSR count). The molecule has 0 saturated heterocycles. The molecule has 0 aliphatic heterocycles. The Balaban J connectivity index is 2.61. The van der Waals surface area contributed by atoms with Gasteiger partial charge in [-0.1, -0.05) is 43.7 Å². The minimum atomic E-state index is 0.758. The quantitative estimate of drug-likeness (QED) is 0.405. The van der Waals surface area contributed by atoms with E-state index >= 15 is 0 Å². The van der Waals surface area contributed by atoms with Crippen LogP contribution in [0.5, 0.6) is 0 Å². The van der Waals surface area contributed by atoms with Crippen molar-refractivity contribution in [2.75, 3.05) is 0 Å². The lowest BCUT2D eigenvalue weighted by Crippen LogP contribution is -1.82. The lowest BCUT2D eigenvalue weighted by atomic mass is 10.1. The van der Waals surface area contributed by atoms with Crippen molar-refractivity contribution in [3.63, 3.8) is 0 Å². The molecular weight excluding hydrogens is 184 g/mol. The Hall–Kier alpha value is -1.59. The van der Waals surface area contributed by atoms with Crippen molar-refractivity contribution >= 4 is 6.29 Å². The standard InChI is InChI=1S/C14H16O/c1-2-7-14(12-15)11-6-10-13-8-4-3-5-9-13/h3-6,8-9,12H,2,7,10H2,1H3. The number of carbonyl (C=O) groups excluding carboxylic acids is 1. The largest absolute Gasteiger partial charge is 0.298 e. The van der Waals surface area contributed by atoms with Crippen molar-refractivity contribution in [1.82, 2.24) is 0 Å². The topological polar surface area (TPSA) is 17.1 Å². The van der Waals surface area contributed by atoms with Crippen molar-refractivity contribution in [1.29, 1.82) is 0 Å². The van der Waals surface area contributed by atoms with Crippen molar-refractivity contribution in [3.8, 4) is 0 Å². The molecule has 0 N–H and O–H groups in total. The zero-order chi connectivity index (χ0) is 10.9. The van der Waals surface area contributed by atoms with Gasteiger partial charge in [0.2, 0.25) is 0 Å². The lowest BCUT2D eigenvalue weighted by Gasteiger charge is -1.93. The van der Waals surface area contributed by atoms with Gasteiger partial charge in [-0.2, -0.15) is 0 Å². The van der Waals surface area contributed by atoms with Crippen LogP contribution >= 0.6 is 0 Å². The predicted molar refractivity (Wildman–Crippen MR) is 62.7 cm³/mol. The van der Waals surface area contributed by atoms with E-state index in [2.05, 4.69) is 24.8 Å². The van der Waals surface area contributed by atoms with Gasteiger partial charge >= 0.3 is 0 Å². The summed E-state index contributed by atoms with van der Waals surface area (Å²) in [4.78, 5) is 10.6. The van der Waals surface area contributed by atoms with Crippen LogP contribution in [0.2, 0.25) is 0 Å². The minimum absolute atomic E-state index is 0.758. The molecule has 1 nitrogen and oxygen atoms in total. The van der Waals surface area contributed by atoms with Crippen LogP contribution in [0.4, 0.5) is 0 Å². The Labute approximate surface area is 91.1 Å². The average Bonchev–Trinajstić information content (AvgIpc) is 2.29. The molecule has 0 atom stereocenters. The van der Waals surface area contributed by atoms with Gasteiger partial charge in [0.25, 0.3) is 0 Å². The summed E-state index contributed by atoms with van der Waals surface area (Å²) in [6.07, 6.45) is 5.46. The molecule has 1 heteroatoms. The first-order valence-corrected chi connectivity index (χ1v) is 5.30. The Bertz CT molecular complexity index is 356. The second-order valence-electron chi connectivity index (χ2n) is 3.43. The normalized spacial score (nSPS) is 9.13. The van der Waals surface area contributed by atoms with E-state index in [1.54, 1.807) is 0 Å². The fourth-order valence-electron chi connectivity index (χ4n) is 1.35. The first kappa shape index (κ1) is 11.5. The molecule has 0 fully saturated rings. The van der Waals surface area contributed by atoms with Crippen molar-refractivity contribution in [2.24, 2.45) is 0 Å². The van der Waals surface area contributed by atoms with E-state index in [1.807, 2.05) is 24.3 Å². The molecule has 0 bridgehead atoms. The highest BCUT2D eigenvalue weighted by Gasteiger charge is 1.90. The van der Waals surface area contributed by atoms with E-state index < -0.39 is 0 Å². The van der Waals surface area contributed by atoms with Crippen LogP contribution in [-0.4, -0.2) is 6.29 Å². The Morgan fingerprint density at radius 2 is 2.07 bits per heavy atom. The SMILES string of the molecule is CCCC(=C=CCc1ccccc1)C=O. The summed E-state index contributed by atoms with van der Waals surface area (Å²) in [6, 6.07) is 10.2. The molecule has 0 radical (unpaired) electrons. The van der Waals surface area contributed by atoms with Crippen LogP contribution in [0.15, 0.2) is 47.7 Å². The van der Waals surface area contributed by atoms with E-state index in [9.17, 15) is 4.79 Å². The highest BCUT2D eigenvalue weighted by atomic mass is 16.1. The smallest absolute Gasteiger partial charge is 0.153 e. The maximum absolute atomic E-state index is 10.6. The lowest BCUT2D eigenvalue weighted by molar-refractivity contribution is -0.105. The number of carbonyl (C=O) groups is 1. The van der Waals surface area contributed by atoms with Crippen LogP contribution in [0.1, 0.15) is 25.3 Å². The van der Waals surface area contributed by atoms with Crippen LogP contribution in [0.25, 0.3) is 0 Å². The molecule has 0 aliphatic carbocycles. The number of hydrogen-bond donors (Lipinski definition) is 0. The molecule has 0 amide bonds. The van der Waals surface area contributed by atoms with Crippen LogP contribution < -0.4 is 0 Å². The number of benzene rings is 1. The van der Waals surface area contributed by atoms with Gasteiger partial charge in [-0.05, 0) is 24.5 Å². The second-order valence-corrected chi connectivity index (χ2v) is 3.43. The summed E-state index contributed by atoms with van der Waals surface area (Å²) in [5, 5.41) is 0. The van der Waals surface area contributed by atoms with Crippen molar-refractivity contribution in [3.05, 3.63) is 53.3 Å². The predicted octanol–water partition coefficient (Wildman–Crippen LogP) is 3.31. The third-order valence-corrected chi connectivity index (χ3v) is 2.13. The maximum Gasteiger partial charge on any atom is 0.153 e. The average molecular weight is 200 g/mol. The number of allylic oxidation sites excluding steroid dienone is 1. The second kappa shape index (κ2) is 6.80. The van der Waals surface area contributed by atoms with E-state index in [-0.39, 0.29) is 0 Å². The van der Waals surface area contributed by atoms with Gasteiger partial charge in [0.1, 0.15) is 0 Å². The summed E-state index contributed by atoms with van der Waals surface area (Å²) in [7, 11) is 0. The van der Waals surface area contributed by atoms with E-state index in [0.717, 1.165) is 31.1 Å². The number of hydrogen-bond acceptors (Lipinski definition) is 1. The van der Waals surface area contributed by atoms with Gasteiger partial charge in [0, 0.05) is 5.57 Å². The third kappa shape index (κ3) is 4.44. The highest BCUT2D eigenvalue weighted by Crippen LogP contribution is 2.02. The number of rotatable bonds is 5. The van der Waals surface area contributed by atoms with Crippen molar-refractivity contribution in [2.45, 2.75) is 26.2 Å². The van der Waals surface area contributed by atoms with E-state index in [1.165, 1.54) is 5.56 Å². The molecule has 15 heavy (non-hydrogen) atoms. The fraction of sp³-hybridized carbons (Fsp3) is 0.286. The Morgan fingerprint density at radius 1 is 1.33 bits per heavy atom. The maximum atomic E-state index is 10.6. The van der Waals surface area contributed by atoms with Gasteiger partial charge in [0.15, 0.2) is 6.29 Å². The Morgan fingerprint density at radius 3 is 2.67 bits per heavy atom. The first-order chi connectivity index (χ1) is 7.36. The molecule has 0 spiro atoms. The molecule has 1 aromatic carbocycles. The fourth-order valence-corrected chi connectivity index (χ4v) is 1.35. The summed E-state index contributed by atoms with van der Waals surface area (Å²) < 4.78 is 0. The van der Waals surface area contributed by atoms with Crippen molar-refractivity contribution < 1.29 is 4.79 Å². The van der Waals surface area contributed by atoms with Gasteiger partial charge in [-0.25, -0.2) is 0 Å². The van der Waals surface area contributed by atoms with E-state index in [4.69, 9.17) is 0 Å². The van der Waals surface area contributed by atoms with Gasteiger partial charge in [-0.15, -0.1) is 5.73 Å². The molecule has 1 aromatic rings. The summed E-state index contributed by atoms with van der Waals surface area (Å²) in [5.74, 6) is 0. The molecule has 0 aliphatic rings. The Kier molecular flexibility index (Phi) is 5.21. The molecule has 0 unspecified atom stereocenters. The van der Waals surface area contributed by atoms with Gasteiger partial charge in [-0.3, -0.25) is 4.79 Å². The number of aldehydes is 1. The van der Waals surface area contributed by atoms with Crippen LogP contribution in [0, 0.1) is 0 Å². The molecule has 0 heterocycles. The molecule has 0 saturated carbocycles. The monoisotopic (exact) mass is 200 g/mol. The van der Waals surface area contributed by atoms with Crippen LogP contribution in [-0.2, 0) is 11.2 Å². The van der Waals surface area contributed by atoms with E-state index in [0.29, 0.717) is 0 Å². The summed E-state index contributed by atoms with van der Waals surface area (Å²) in [5.41, 5.74) is 5.04. The van der Waals surface area contributed by atoms with Gasteiger partial charge < -0.3 is 0 Å². The highest BCUT2D eigenvalue weighted by molar-refractivity contribution is 5.72. The first-order valence-electron chi connectivity index (χ1n) is 5.30. The van der Waals surface area contributed by atoms with Gasteiger partial charge in [0.05, 0.1) is 0 Å². The molecule has 78 valence electrons. The summed E-state index contributed by atoms with van der Waals surface area (Å²) >= 11 is 0. The summed E-state index contributed by atoms with van der Waals surface area (Å²) in [6.45, 7) is 2.06. The molecular formula is C14H16O. The van der Waals surface area contributed by atoms with Crippen LogP contribution in [0.3, 0.4) is 0 Å². The molecule has 0 aromatic heterocycles. The zero-order valence-electron chi connectivity index (χ0n) is 9.07. The minimum Gasteiger partial charge on any atom is -0.298 e. The zero-order valence-corrected chi connectivity index (χ0v) is 9.07.